The molecule has 0 spiro atoms. The second-order valence-electron chi connectivity index (χ2n) is 5.95. The van der Waals surface area contributed by atoms with Crippen molar-refractivity contribution in [3.05, 3.63) is 35.4 Å². The van der Waals surface area contributed by atoms with Crippen LogP contribution in [-0.2, 0) is 11.2 Å². The summed E-state index contributed by atoms with van der Waals surface area (Å²) in [7, 11) is 0. The third-order valence-electron chi connectivity index (χ3n) is 3.26. The lowest BCUT2D eigenvalue weighted by Crippen LogP contribution is -2.28. The molecule has 0 aliphatic carbocycles. The molecule has 0 saturated heterocycles. The van der Waals surface area contributed by atoms with E-state index in [4.69, 9.17) is 4.74 Å². The zero-order valence-electron chi connectivity index (χ0n) is 12.9. The van der Waals surface area contributed by atoms with Crippen molar-refractivity contribution in [3.63, 3.8) is 0 Å². The van der Waals surface area contributed by atoms with Gasteiger partial charge in [0.1, 0.15) is 6.10 Å². The highest BCUT2D eigenvalue weighted by atomic mass is 16.5. The molecule has 0 heterocycles. The van der Waals surface area contributed by atoms with Gasteiger partial charge in [-0.3, -0.25) is 0 Å². The number of rotatable bonds is 7. The second-order valence-corrected chi connectivity index (χ2v) is 5.95. The Labute approximate surface area is 117 Å². The van der Waals surface area contributed by atoms with Crippen molar-refractivity contribution in [2.45, 2.75) is 53.2 Å². The molecule has 0 aliphatic rings. The van der Waals surface area contributed by atoms with Gasteiger partial charge in [-0.1, -0.05) is 52.0 Å². The summed E-state index contributed by atoms with van der Waals surface area (Å²) in [5, 5.41) is 10.5. The number of hydrogen-bond acceptors (Lipinski definition) is 2. The first kappa shape index (κ1) is 16.2. The molecule has 0 saturated carbocycles. The topological polar surface area (TPSA) is 29.5 Å². The van der Waals surface area contributed by atoms with Crippen LogP contribution in [0.25, 0.3) is 0 Å². The van der Waals surface area contributed by atoms with Gasteiger partial charge in [-0.15, -0.1) is 0 Å². The van der Waals surface area contributed by atoms with Crippen LogP contribution in [0.15, 0.2) is 24.3 Å². The highest BCUT2D eigenvalue weighted by molar-refractivity contribution is 5.26. The maximum Gasteiger partial charge on any atom is 0.105 e. The van der Waals surface area contributed by atoms with Gasteiger partial charge in [-0.2, -0.15) is 0 Å². The summed E-state index contributed by atoms with van der Waals surface area (Å²) >= 11 is 0. The van der Waals surface area contributed by atoms with Gasteiger partial charge in [0.25, 0.3) is 0 Å². The summed E-state index contributed by atoms with van der Waals surface area (Å²) in [4.78, 5) is 0. The summed E-state index contributed by atoms with van der Waals surface area (Å²) in [6.07, 6.45) is 0.355. The maximum atomic E-state index is 10.5. The largest absolute Gasteiger partial charge is 0.386 e. The average molecular weight is 264 g/mol. The van der Waals surface area contributed by atoms with Gasteiger partial charge in [0.15, 0.2) is 0 Å². The van der Waals surface area contributed by atoms with E-state index in [-0.39, 0.29) is 6.10 Å². The molecule has 0 amide bonds. The molecule has 0 radical (unpaired) electrons. The van der Waals surface area contributed by atoms with Crippen LogP contribution >= 0.6 is 0 Å². The van der Waals surface area contributed by atoms with Crippen LogP contribution in [0.5, 0.6) is 0 Å². The van der Waals surface area contributed by atoms with Crippen molar-refractivity contribution < 1.29 is 9.84 Å². The maximum absolute atomic E-state index is 10.5. The quantitative estimate of drug-likeness (QED) is 0.807. The van der Waals surface area contributed by atoms with E-state index in [9.17, 15) is 5.11 Å². The second kappa shape index (κ2) is 7.66. The lowest BCUT2D eigenvalue weighted by atomic mass is 9.93. The van der Waals surface area contributed by atoms with Gasteiger partial charge in [0, 0.05) is 6.61 Å². The number of benzene rings is 1. The van der Waals surface area contributed by atoms with E-state index in [1.807, 2.05) is 19.1 Å². The molecule has 2 nitrogen and oxygen atoms in total. The Balaban J connectivity index is 2.88. The van der Waals surface area contributed by atoms with Gasteiger partial charge in [-0.25, -0.2) is 0 Å². The molecule has 19 heavy (non-hydrogen) atoms. The highest BCUT2D eigenvalue weighted by Crippen LogP contribution is 2.25. The molecule has 0 aromatic heterocycles. The summed E-state index contributed by atoms with van der Waals surface area (Å²) < 4.78 is 5.69. The molecule has 1 aromatic carbocycles. The van der Waals surface area contributed by atoms with Gasteiger partial charge >= 0.3 is 0 Å². The zero-order chi connectivity index (χ0) is 14.4. The molecule has 2 unspecified atom stereocenters. The van der Waals surface area contributed by atoms with Crippen LogP contribution < -0.4 is 0 Å². The van der Waals surface area contributed by atoms with Crippen LogP contribution in [0.4, 0.5) is 0 Å². The van der Waals surface area contributed by atoms with Gasteiger partial charge in [0.2, 0.25) is 0 Å². The Kier molecular flexibility index (Phi) is 6.53. The molecule has 0 fully saturated rings. The van der Waals surface area contributed by atoms with Crippen molar-refractivity contribution >= 4 is 0 Å². The molecule has 0 aliphatic heterocycles. The minimum absolute atomic E-state index is 0.140. The van der Waals surface area contributed by atoms with E-state index in [0.717, 1.165) is 12.0 Å². The van der Waals surface area contributed by atoms with Crippen LogP contribution in [0.2, 0.25) is 0 Å². The fraction of sp³-hybridized carbons (Fsp3) is 0.647. The SMILES string of the molecule is CCOC(C(C)C)C(O)c1cccc(CC(C)C)c1. The number of ether oxygens (including phenoxy) is 1. The third-order valence-corrected chi connectivity index (χ3v) is 3.26. The van der Waals surface area contributed by atoms with Gasteiger partial charge in [-0.05, 0) is 36.3 Å². The van der Waals surface area contributed by atoms with Crippen LogP contribution in [-0.4, -0.2) is 17.8 Å². The monoisotopic (exact) mass is 264 g/mol. The Morgan fingerprint density at radius 1 is 1.16 bits per heavy atom. The summed E-state index contributed by atoms with van der Waals surface area (Å²) in [6, 6.07) is 8.25. The Bertz CT molecular complexity index is 371. The molecule has 2 heteroatoms. The Morgan fingerprint density at radius 2 is 1.84 bits per heavy atom. The molecule has 1 N–H and O–H groups in total. The van der Waals surface area contributed by atoms with Crippen LogP contribution in [0.1, 0.15) is 51.8 Å². The first-order valence-electron chi connectivity index (χ1n) is 7.34. The van der Waals surface area contributed by atoms with Crippen molar-refractivity contribution in [1.29, 1.82) is 0 Å². The summed E-state index contributed by atoms with van der Waals surface area (Å²) in [5.74, 6) is 0.920. The van der Waals surface area contributed by atoms with Gasteiger partial charge in [0.05, 0.1) is 6.10 Å². The van der Waals surface area contributed by atoms with Crippen molar-refractivity contribution in [1.82, 2.24) is 0 Å². The average Bonchev–Trinajstić information content (AvgIpc) is 2.34. The lowest BCUT2D eigenvalue weighted by molar-refractivity contribution is -0.0585. The fourth-order valence-corrected chi connectivity index (χ4v) is 2.41. The molecule has 2 atom stereocenters. The zero-order valence-corrected chi connectivity index (χ0v) is 12.9. The van der Waals surface area contributed by atoms with E-state index >= 15 is 0 Å². The lowest BCUT2D eigenvalue weighted by Gasteiger charge is -2.26. The van der Waals surface area contributed by atoms with E-state index in [1.165, 1.54) is 5.56 Å². The smallest absolute Gasteiger partial charge is 0.105 e. The van der Waals surface area contributed by atoms with Crippen molar-refractivity contribution in [2.75, 3.05) is 6.61 Å². The highest BCUT2D eigenvalue weighted by Gasteiger charge is 2.24. The van der Waals surface area contributed by atoms with Crippen molar-refractivity contribution in [2.24, 2.45) is 11.8 Å². The van der Waals surface area contributed by atoms with E-state index in [0.29, 0.717) is 18.4 Å². The van der Waals surface area contributed by atoms with Gasteiger partial charge < -0.3 is 9.84 Å². The Hall–Kier alpha value is -0.860. The molecular weight excluding hydrogens is 236 g/mol. The minimum Gasteiger partial charge on any atom is -0.386 e. The summed E-state index contributed by atoms with van der Waals surface area (Å²) in [5.41, 5.74) is 2.25. The number of hydrogen-bond donors (Lipinski definition) is 1. The standard InChI is InChI=1S/C17H28O2/c1-6-19-17(13(4)5)16(18)15-9-7-8-14(11-15)10-12(2)3/h7-9,11-13,16-18H,6,10H2,1-5H3. The van der Waals surface area contributed by atoms with Crippen LogP contribution in [0, 0.1) is 11.8 Å². The Morgan fingerprint density at radius 3 is 2.37 bits per heavy atom. The molecule has 1 rings (SSSR count). The van der Waals surface area contributed by atoms with E-state index in [1.54, 1.807) is 0 Å². The predicted molar refractivity (Wildman–Crippen MR) is 80.2 cm³/mol. The third kappa shape index (κ3) is 4.96. The first-order valence-corrected chi connectivity index (χ1v) is 7.34. The number of aliphatic hydroxyl groups is 1. The van der Waals surface area contributed by atoms with Crippen molar-refractivity contribution in [3.8, 4) is 0 Å². The molecule has 108 valence electrons. The predicted octanol–water partition coefficient (Wildman–Crippen LogP) is 3.98. The summed E-state index contributed by atoms with van der Waals surface area (Å²) in [6.45, 7) is 11.2. The van der Waals surface area contributed by atoms with E-state index < -0.39 is 6.10 Å². The normalized spacial score (nSPS) is 14.9. The number of aliphatic hydroxyl groups excluding tert-OH is 1. The first-order chi connectivity index (χ1) is 8.95. The minimum atomic E-state index is -0.549. The van der Waals surface area contributed by atoms with Crippen LogP contribution in [0.3, 0.4) is 0 Å². The van der Waals surface area contributed by atoms with E-state index in [2.05, 4.69) is 39.8 Å². The molecule has 0 bridgehead atoms. The molecular formula is C17H28O2. The fourth-order valence-electron chi connectivity index (χ4n) is 2.41. The molecule has 1 aromatic rings.